The van der Waals surface area contributed by atoms with E-state index in [1.54, 1.807) is 32.0 Å². The first-order valence-electron chi connectivity index (χ1n) is 6.56. The lowest BCUT2D eigenvalue weighted by molar-refractivity contribution is -0.136. The van der Waals surface area contributed by atoms with E-state index in [0.717, 1.165) is 0 Å². The van der Waals surface area contributed by atoms with Crippen LogP contribution in [0.25, 0.3) is 0 Å². The second-order valence-electron chi connectivity index (χ2n) is 4.86. The highest BCUT2D eigenvalue weighted by atomic mass is 16.4. The molecular formula is C14H19BO5. The van der Waals surface area contributed by atoms with E-state index in [-0.39, 0.29) is 25.0 Å². The number of aryl methyl sites for hydroxylation is 1. The SMILES string of the molecule is CCC(=O)C(=O)C[C@@H](Cc1cccc(C)c1O)B(O)O. The molecule has 0 bridgehead atoms. The van der Waals surface area contributed by atoms with Gasteiger partial charge in [0.1, 0.15) is 5.75 Å². The first-order chi connectivity index (χ1) is 9.36. The third kappa shape index (κ3) is 4.18. The summed E-state index contributed by atoms with van der Waals surface area (Å²) in [6, 6.07) is 5.13. The van der Waals surface area contributed by atoms with Gasteiger partial charge < -0.3 is 15.2 Å². The Morgan fingerprint density at radius 2 is 1.90 bits per heavy atom. The molecule has 20 heavy (non-hydrogen) atoms. The largest absolute Gasteiger partial charge is 0.507 e. The maximum atomic E-state index is 11.6. The number of ketones is 2. The van der Waals surface area contributed by atoms with E-state index in [1.165, 1.54) is 0 Å². The number of rotatable bonds is 7. The van der Waals surface area contributed by atoms with Gasteiger partial charge in [-0.2, -0.15) is 0 Å². The maximum absolute atomic E-state index is 11.6. The Morgan fingerprint density at radius 1 is 1.25 bits per heavy atom. The summed E-state index contributed by atoms with van der Waals surface area (Å²) in [5.74, 6) is -1.88. The number of benzene rings is 1. The van der Waals surface area contributed by atoms with Gasteiger partial charge in [0, 0.05) is 18.7 Å². The first-order valence-corrected chi connectivity index (χ1v) is 6.56. The summed E-state index contributed by atoms with van der Waals surface area (Å²) in [6.45, 7) is 3.31. The molecule has 6 heteroatoms. The van der Waals surface area contributed by atoms with E-state index in [1.807, 2.05) is 0 Å². The molecule has 0 unspecified atom stereocenters. The highest BCUT2D eigenvalue weighted by Crippen LogP contribution is 2.28. The third-order valence-electron chi connectivity index (χ3n) is 3.30. The summed E-state index contributed by atoms with van der Waals surface area (Å²) in [6.07, 6.45) is -0.0194. The van der Waals surface area contributed by atoms with E-state index in [0.29, 0.717) is 11.1 Å². The van der Waals surface area contributed by atoms with Crippen molar-refractivity contribution in [3.63, 3.8) is 0 Å². The van der Waals surface area contributed by atoms with Gasteiger partial charge in [0.05, 0.1) is 0 Å². The molecular weight excluding hydrogens is 259 g/mol. The van der Waals surface area contributed by atoms with E-state index in [4.69, 9.17) is 0 Å². The zero-order chi connectivity index (χ0) is 15.3. The van der Waals surface area contributed by atoms with Gasteiger partial charge in [-0.3, -0.25) is 9.59 Å². The Bertz CT molecular complexity index is 498. The fourth-order valence-electron chi connectivity index (χ4n) is 2.00. The fourth-order valence-corrected chi connectivity index (χ4v) is 2.00. The minimum Gasteiger partial charge on any atom is -0.507 e. The van der Waals surface area contributed by atoms with Crippen LogP contribution in [0.15, 0.2) is 18.2 Å². The number of carbonyl (C=O) groups is 2. The molecule has 1 aromatic rings. The molecule has 0 aliphatic heterocycles. The topological polar surface area (TPSA) is 94.8 Å². The van der Waals surface area contributed by atoms with E-state index in [2.05, 4.69) is 0 Å². The van der Waals surface area contributed by atoms with Gasteiger partial charge in [0.25, 0.3) is 0 Å². The standard InChI is InChI=1S/C14H19BO5/c1-3-12(16)13(17)8-11(15(19)20)7-10-6-4-5-9(2)14(10)18/h4-6,11,18-20H,3,7-8H2,1-2H3/t11-/m1/s1. The van der Waals surface area contributed by atoms with Crippen molar-refractivity contribution in [3.8, 4) is 5.75 Å². The molecule has 1 atom stereocenters. The predicted molar refractivity (Wildman–Crippen MR) is 75.4 cm³/mol. The van der Waals surface area contributed by atoms with Crippen molar-refractivity contribution < 1.29 is 24.7 Å². The Morgan fingerprint density at radius 3 is 2.45 bits per heavy atom. The van der Waals surface area contributed by atoms with Crippen LogP contribution in [-0.4, -0.2) is 33.8 Å². The van der Waals surface area contributed by atoms with Crippen LogP contribution in [0.5, 0.6) is 5.75 Å². The lowest BCUT2D eigenvalue weighted by Gasteiger charge is -2.16. The van der Waals surface area contributed by atoms with Gasteiger partial charge in [0.2, 0.25) is 0 Å². The zero-order valence-corrected chi connectivity index (χ0v) is 11.7. The molecule has 0 saturated heterocycles. The van der Waals surface area contributed by atoms with E-state index < -0.39 is 24.5 Å². The Hall–Kier alpha value is -1.66. The lowest BCUT2D eigenvalue weighted by atomic mass is 9.66. The summed E-state index contributed by atoms with van der Waals surface area (Å²) in [4.78, 5) is 22.9. The van der Waals surface area contributed by atoms with Crippen LogP contribution in [0, 0.1) is 6.92 Å². The summed E-state index contributed by atoms with van der Waals surface area (Å²) in [5, 5.41) is 28.6. The first kappa shape index (κ1) is 16.4. The van der Waals surface area contributed by atoms with Gasteiger partial charge in [-0.1, -0.05) is 25.1 Å². The minimum atomic E-state index is -1.72. The highest BCUT2D eigenvalue weighted by Gasteiger charge is 2.29. The molecule has 0 aliphatic rings. The number of hydrogen-bond donors (Lipinski definition) is 3. The minimum absolute atomic E-state index is 0.0763. The lowest BCUT2D eigenvalue weighted by Crippen LogP contribution is -2.27. The zero-order valence-electron chi connectivity index (χ0n) is 11.7. The van der Waals surface area contributed by atoms with Crippen molar-refractivity contribution in [2.24, 2.45) is 0 Å². The normalized spacial score (nSPS) is 12.0. The second kappa shape index (κ2) is 7.21. The Kier molecular flexibility index (Phi) is 5.92. The molecule has 0 fully saturated rings. The van der Waals surface area contributed by atoms with E-state index >= 15 is 0 Å². The molecule has 0 aromatic heterocycles. The quantitative estimate of drug-likeness (QED) is 0.511. The molecule has 1 aromatic carbocycles. The van der Waals surface area contributed by atoms with Gasteiger partial charge in [0.15, 0.2) is 11.6 Å². The molecule has 5 nitrogen and oxygen atoms in total. The summed E-state index contributed by atoms with van der Waals surface area (Å²) in [7, 11) is -1.72. The van der Waals surface area contributed by atoms with Crippen molar-refractivity contribution in [2.45, 2.75) is 38.9 Å². The molecule has 0 spiro atoms. The summed E-state index contributed by atoms with van der Waals surface area (Å²) >= 11 is 0. The number of hydrogen-bond acceptors (Lipinski definition) is 5. The van der Waals surface area contributed by atoms with Crippen molar-refractivity contribution in [3.05, 3.63) is 29.3 Å². The van der Waals surface area contributed by atoms with Gasteiger partial charge in [-0.15, -0.1) is 0 Å². The Balaban J connectivity index is 2.85. The molecule has 0 aliphatic carbocycles. The fraction of sp³-hybridized carbons (Fsp3) is 0.429. The second-order valence-corrected chi connectivity index (χ2v) is 4.86. The van der Waals surface area contributed by atoms with Crippen molar-refractivity contribution in [1.82, 2.24) is 0 Å². The highest BCUT2D eigenvalue weighted by molar-refractivity contribution is 6.46. The van der Waals surface area contributed by atoms with Crippen LogP contribution in [0.2, 0.25) is 5.82 Å². The van der Waals surface area contributed by atoms with Crippen molar-refractivity contribution in [1.29, 1.82) is 0 Å². The molecule has 0 heterocycles. The van der Waals surface area contributed by atoms with Crippen LogP contribution < -0.4 is 0 Å². The maximum Gasteiger partial charge on any atom is 0.455 e. The smallest absolute Gasteiger partial charge is 0.455 e. The molecule has 0 saturated carbocycles. The van der Waals surface area contributed by atoms with Crippen LogP contribution in [-0.2, 0) is 16.0 Å². The molecule has 3 N–H and O–H groups in total. The van der Waals surface area contributed by atoms with Gasteiger partial charge >= 0.3 is 7.12 Å². The average Bonchev–Trinajstić information content (AvgIpc) is 2.41. The predicted octanol–water partition coefficient (Wildman–Crippen LogP) is 1.02. The summed E-state index contributed by atoms with van der Waals surface area (Å²) < 4.78 is 0. The van der Waals surface area contributed by atoms with Crippen LogP contribution in [0.4, 0.5) is 0 Å². The van der Waals surface area contributed by atoms with E-state index in [9.17, 15) is 24.7 Å². The number of aromatic hydroxyl groups is 1. The van der Waals surface area contributed by atoms with Crippen LogP contribution in [0.3, 0.4) is 0 Å². The number of carbonyl (C=O) groups excluding carboxylic acids is 2. The average molecular weight is 278 g/mol. The van der Waals surface area contributed by atoms with Crippen molar-refractivity contribution in [2.75, 3.05) is 0 Å². The van der Waals surface area contributed by atoms with Crippen molar-refractivity contribution >= 4 is 18.7 Å². The molecule has 0 radical (unpaired) electrons. The summed E-state index contributed by atoms with van der Waals surface area (Å²) in [5.41, 5.74) is 1.20. The number of phenolic OH excluding ortho intramolecular Hbond substituents is 1. The van der Waals surface area contributed by atoms with Crippen LogP contribution in [0.1, 0.15) is 30.9 Å². The number of para-hydroxylation sites is 1. The molecule has 108 valence electrons. The van der Waals surface area contributed by atoms with Gasteiger partial charge in [-0.05, 0) is 24.5 Å². The third-order valence-corrected chi connectivity index (χ3v) is 3.30. The number of phenols is 1. The van der Waals surface area contributed by atoms with Crippen LogP contribution >= 0.6 is 0 Å². The molecule has 0 amide bonds. The monoisotopic (exact) mass is 278 g/mol. The van der Waals surface area contributed by atoms with Gasteiger partial charge in [-0.25, -0.2) is 0 Å². The number of Topliss-reactive ketones (excluding diaryl/α,β-unsaturated/α-hetero) is 2. The molecule has 1 rings (SSSR count). The Labute approximate surface area is 118 Å².